The number of nitrogens with zero attached hydrogens (tertiary/aromatic N) is 1. The third-order valence-electron chi connectivity index (χ3n) is 3.11. The van der Waals surface area contributed by atoms with Crippen molar-refractivity contribution in [3.05, 3.63) is 18.0 Å². The first-order valence-corrected chi connectivity index (χ1v) is 6.46. The number of amides is 1. The number of carbonyl (C=O) groups excluding carboxylic acids is 2. The summed E-state index contributed by atoms with van der Waals surface area (Å²) in [5, 5.41) is 5.98. The lowest BCUT2D eigenvalue weighted by atomic mass is 10.2. The molecular weight excluding hydrogens is 262 g/mol. The minimum atomic E-state index is -0.435. The van der Waals surface area contributed by atoms with Gasteiger partial charge in [-0.2, -0.15) is 0 Å². The maximum Gasteiger partial charge on any atom is 0.354 e. The maximum absolute atomic E-state index is 11.9. The van der Waals surface area contributed by atoms with Crippen molar-refractivity contribution in [1.29, 1.82) is 0 Å². The molecule has 2 rings (SSSR count). The molecule has 1 saturated heterocycles. The van der Waals surface area contributed by atoms with Crippen molar-refractivity contribution in [3.8, 4) is 0 Å². The largest absolute Gasteiger partial charge is 0.464 e. The zero-order valence-corrected chi connectivity index (χ0v) is 11.6. The van der Waals surface area contributed by atoms with E-state index in [4.69, 9.17) is 4.74 Å². The first kappa shape index (κ1) is 14.5. The van der Waals surface area contributed by atoms with Gasteiger partial charge in [0.25, 0.3) is 0 Å². The van der Waals surface area contributed by atoms with Crippen LogP contribution >= 0.6 is 0 Å². The molecule has 0 aromatic carbocycles. The molecule has 1 aliphatic rings. The second-order valence-electron chi connectivity index (χ2n) is 4.69. The van der Waals surface area contributed by atoms with Crippen molar-refractivity contribution in [1.82, 2.24) is 9.88 Å². The fourth-order valence-electron chi connectivity index (χ4n) is 2.13. The molecule has 1 aliphatic heterocycles. The minimum Gasteiger partial charge on any atom is -0.464 e. The molecule has 1 unspecified atom stereocenters. The lowest BCUT2D eigenvalue weighted by molar-refractivity contribution is -0.117. The molecule has 2 heterocycles. The highest BCUT2D eigenvalue weighted by atomic mass is 16.5. The van der Waals surface area contributed by atoms with Gasteiger partial charge in [0.15, 0.2) is 0 Å². The van der Waals surface area contributed by atoms with E-state index in [2.05, 4.69) is 15.4 Å². The van der Waals surface area contributed by atoms with Crippen LogP contribution in [0.1, 0.15) is 16.9 Å². The van der Waals surface area contributed by atoms with E-state index in [1.807, 2.05) is 0 Å². The van der Waals surface area contributed by atoms with Crippen LogP contribution in [0, 0.1) is 0 Å². The first-order chi connectivity index (χ1) is 9.60. The van der Waals surface area contributed by atoms with Gasteiger partial charge in [-0.25, -0.2) is 4.79 Å². The molecule has 0 spiro atoms. The van der Waals surface area contributed by atoms with Gasteiger partial charge in [-0.05, 0) is 6.07 Å². The molecule has 110 valence electrons. The highest BCUT2D eigenvalue weighted by molar-refractivity contribution is 5.94. The molecule has 1 fully saturated rings. The Morgan fingerprint density at radius 3 is 3.05 bits per heavy atom. The van der Waals surface area contributed by atoms with Crippen LogP contribution in [0.5, 0.6) is 0 Å². The van der Waals surface area contributed by atoms with E-state index in [-0.39, 0.29) is 11.9 Å². The molecule has 1 atom stereocenters. The topological polar surface area (TPSA) is 81.6 Å². The molecule has 0 bridgehead atoms. The van der Waals surface area contributed by atoms with E-state index in [9.17, 15) is 9.59 Å². The summed E-state index contributed by atoms with van der Waals surface area (Å²) >= 11 is 0. The van der Waals surface area contributed by atoms with Crippen LogP contribution in [-0.4, -0.2) is 49.4 Å². The van der Waals surface area contributed by atoms with Crippen LogP contribution in [0.15, 0.2) is 12.3 Å². The van der Waals surface area contributed by atoms with Crippen LogP contribution in [0.25, 0.3) is 0 Å². The number of carbonyl (C=O) groups is 2. The van der Waals surface area contributed by atoms with Gasteiger partial charge in [-0.15, -0.1) is 0 Å². The third-order valence-corrected chi connectivity index (χ3v) is 3.11. The number of esters is 1. The van der Waals surface area contributed by atoms with Crippen LogP contribution in [-0.2, 0) is 21.3 Å². The van der Waals surface area contributed by atoms with Gasteiger partial charge in [-0.1, -0.05) is 0 Å². The van der Waals surface area contributed by atoms with Gasteiger partial charge in [-0.3, -0.25) is 4.79 Å². The van der Waals surface area contributed by atoms with Crippen LogP contribution in [0.3, 0.4) is 0 Å². The van der Waals surface area contributed by atoms with Crippen molar-refractivity contribution < 1.29 is 19.1 Å². The summed E-state index contributed by atoms with van der Waals surface area (Å²) < 4.78 is 11.6. The number of hydrogen-bond donors (Lipinski definition) is 2. The Kier molecular flexibility index (Phi) is 4.75. The molecule has 20 heavy (non-hydrogen) atoms. The summed E-state index contributed by atoms with van der Waals surface area (Å²) in [5.74, 6) is -0.551. The van der Waals surface area contributed by atoms with E-state index in [1.165, 1.54) is 7.11 Å². The van der Waals surface area contributed by atoms with E-state index in [1.54, 1.807) is 23.9 Å². The number of hydrogen-bond acceptors (Lipinski definition) is 5. The standard InChI is InChI=1S/C13H19N3O4/c1-16-7-9(5-11(16)13(18)19-2)15-12(17)6-10-8-20-4-3-14-10/h5,7,10,14H,3-4,6,8H2,1-2H3,(H,15,17). The molecule has 0 saturated carbocycles. The second-order valence-corrected chi connectivity index (χ2v) is 4.69. The molecule has 1 amide bonds. The highest BCUT2D eigenvalue weighted by Crippen LogP contribution is 2.14. The van der Waals surface area contributed by atoms with Crippen molar-refractivity contribution in [3.63, 3.8) is 0 Å². The summed E-state index contributed by atoms with van der Waals surface area (Å²) in [5.41, 5.74) is 0.969. The molecule has 2 N–H and O–H groups in total. The first-order valence-electron chi connectivity index (χ1n) is 6.46. The van der Waals surface area contributed by atoms with E-state index in [0.717, 1.165) is 6.54 Å². The van der Waals surface area contributed by atoms with Gasteiger partial charge in [0, 0.05) is 32.3 Å². The minimum absolute atomic E-state index is 0.0348. The lowest BCUT2D eigenvalue weighted by Crippen LogP contribution is -2.43. The van der Waals surface area contributed by atoms with Crippen LogP contribution in [0.4, 0.5) is 5.69 Å². The molecule has 7 heteroatoms. The Hall–Kier alpha value is -1.86. The maximum atomic E-state index is 11.9. The zero-order valence-electron chi connectivity index (χ0n) is 11.6. The third kappa shape index (κ3) is 3.58. The normalized spacial score (nSPS) is 18.6. The van der Waals surface area contributed by atoms with Gasteiger partial charge >= 0.3 is 5.97 Å². The van der Waals surface area contributed by atoms with Crippen molar-refractivity contribution >= 4 is 17.6 Å². The lowest BCUT2D eigenvalue weighted by Gasteiger charge is -2.23. The SMILES string of the molecule is COC(=O)c1cc(NC(=O)CC2COCCN2)cn1C. The van der Waals surface area contributed by atoms with Crippen LogP contribution in [0.2, 0.25) is 0 Å². The van der Waals surface area contributed by atoms with E-state index < -0.39 is 5.97 Å². The summed E-state index contributed by atoms with van der Waals surface area (Å²) in [7, 11) is 3.04. The zero-order chi connectivity index (χ0) is 14.5. The van der Waals surface area contributed by atoms with Gasteiger partial charge in [0.1, 0.15) is 5.69 Å². The Morgan fingerprint density at radius 1 is 1.60 bits per heavy atom. The van der Waals surface area contributed by atoms with E-state index >= 15 is 0 Å². The molecular formula is C13H19N3O4. The van der Waals surface area contributed by atoms with Crippen molar-refractivity contribution in [2.24, 2.45) is 7.05 Å². The number of aromatic nitrogens is 1. The Labute approximate surface area is 117 Å². The smallest absolute Gasteiger partial charge is 0.354 e. The summed E-state index contributed by atoms with van der Waals surface area (Å²) in [6, 6.07) is 1.63. The number of ether oxygens (including phenoxy) is 2. The second kappa shape index (κ2) is 6.53. The van der Waals surface area contributed by atoms with Gasteiger partial charge in [0.2, 0.25) is 5.91 Å². The predicted molar refractivity (Wildman–Crippen MR) is 72.6 cm³/mol. The molecule has 7 nitrogen and oxygen atoms in total. The number of nitrogens with one attached hydrogen (secondary N) is 2. The van der Waals surface area contributed by atoms with Gasteiger partial charge < -0.3 is 24.7 Å². The van der Waals surface area contributed by atoms with E-state index in [0.29, 0.717) is 31.0 Å². The number of methoxy groups -OCH3 is 1. The molecule has 0 radical (unpaired) electrons. The summed E-state index contributed by atoms with van der Waals surface area (Å²) in [4.78, 5) is 23.4. The summed E-state index contributed by atoms with van der Waals surface area (Å²) in [6.07, 6.45) is 2.01. The van der Waals surface area contributed by atoms with Gasteiger partial charge in [0.05, 0.1) is 26.0 Å². The Morgan fingerprint density at radius 2 is 2.40 bits per heavy atom. The highest BCUT2D eigenvalue weighted by Gasteiger charge is 2.18. The van der Waals surface area contributed by atoms with Crippen LogP contribution < -0.4 is 10.6 Å². The summed E-state index contributed by atoms with van der Waals surface area (Å²) in [6.45, 7) is 1.98. The Balaban J connectivity index is 1.92. The van der Waals surface area contributed by atoms with Crippen molar-refractivity contribution in [2.75, 3.05) is 32.2 Å². The fraction of sp³-hybridized carbons (Fsp3) is 0.538. The number of aryl methyl sites for hydroxylation is 1. The molecule has 1 aromatic heterocycles. The number of morpholine rings is 1. The monoisotopic (exact) mass is 281 g/mol. The average molecular weight is 281 g/mol. The fourth-order valence-corrected chi connectivity index (χ4v) is 2.13. The molecule has 1 aromatic rings. The average Bonchev–Trinajstić information content (AvgIpc) is 2.79. The Bertz CT molecular complexity index is 492. The number of anilines is 1. The molecule has 0 aliphatic carbocycles. The van der Waals surface area contributed by atoms with Crippen molar-refractivity contribution in [2.45, 2.75) is 12.5 Å². The number of rotatable bonds is 4. The predicted octanol–water partition coefficient (Wildman–Crippen LogP) is 0.129. The quantitative estimate of drug-likeness (QED) is 0.767.